The molecule has 0 unspecified atom stereocenters. The molecule has 0 spiro atoms. The van der Waals surface area contributed by atoms with E-state index in [1.807, 2.05) is 32.0 Å². The number of hydrogen-bond donors (Lipinski definition) is 1. The van der Waals surface area contributed by atoms with E-state index in [9.17, 15) is 0 Å². The molecule has 5 heteroatoms. The molecule has 92 valence electrons. The van der Waals surface area contributed by atoms with E-state index in [4.69, 9.17) is 14.7 Å². The zero-order valence-electron chi connectivity index (χ0n) is 10.2. The second-order valence-corrected chi connectivity index (χ2v) is 4.49. The van der Waals surface area contributed by atoms with E-state index >= 15 is 0 Å². The molecule has 3 rings (SSSR count). The average Bonchev–Trinajstić information content (AvgIpc) is 2.93. The SMILES string of the molecule is CC(C)c1nc2cc(-c3cnoc3N)ccc2o1. The lowest BCUT2D eigenvalue weighted by Crippen LogP contribution is -1.85. The lowest BCUT2D eigenvalue weighted by molar-refractivity contribution is 0.436. The predicted octanol–water partition coefficient (Wildman–Crippen LogP) is 3.19. The highest BCUT2D eigenvalue weighted by Gasteiger charge is 2.12. The Bertz CT molecular complexity index is 697. The van der Waals surface area contributed by atoms with E-state index in [1.165, 1.54) is 0 Å². The fourth-order valence-corrected chi connectivity index (χ4v) is 1.83. The number of oxazole rings is 1. The minimum atomic E-state index is 0.265. The van der Waals surface area contributed by atoms with Gasteiger partial charge in [0.05, 0.1) is 11.8 Å². The third-order valence-corrected chi connectivity index (χ3v) is 2.81. The molecule has 2 N–H and O–H groups in total. The smallest absolute Gasteiger partial charge is 0.229 e. The van der Waals surface area contributed by atoms with Crippen LogP contribution in [-0.4, -0.2) is 10.1 Å². The van der Waals surface area contributed by atoms with Gasteiger partial charge in [-0.3, -0.25) is 0 Å². The summed E-state index contributed by atoms with van der Waals surface area (Å²) in [6.07, 6.45) is 1.60. The topological polar surface area (TPSA) is 78.1 Å². The van der Waals surface area contributed by atoms with Crippen LogP contribution < -0.4 is 5.73 Å². The van der Waals surface area contributed by atoms with Crippen molar-refractivity contribution in [2.45, 2.75) is 19.8 Å². The van der Waals surface area contributed by atoms with Gasteiger partial charge in [0.1, 0.15) is 5.52 Å². The van der Waals surface area contributed by atoms with Gasteiger partial charge in [-0.1, -0.05) is 25.1 Å². The Balaban J connectivity index is 2.14. The summed E-state index contributed by atoms with van der Waals surface area (Å²) in [5.74, 6) is 1.31. The van der Waals surface area contributed by atoms with E-state index < -0.39 is 0 Å². The summed E-state index contributed by atoms with van der Waals surface area (Å²) in [5, 5.41) is 3.67. The Hall–Kier alpha value is -2.30. The standard InChI is InChI=1S/C13H13N3O2/c1-7(2)13-16-10-5-8(3-4-11(10)17-13)9-6-15-18-12(9)14/h3-7H,14H2,1-2H3. The molecule has 2 heterocycles. The third-order valence-electron chi connectivity index (χ3n) is 2.81. The highest BCUT2D eigenvalue weighted by Crippen LogP contribution is 2.29. The van der Waals surface area contributed by atoms with E-state index in [1.54, 1.807) is 6.20 Å². The predicted molar refractivity (Wildman–Crippen MR) is 68.0 cm³/mol. The molecule has 2 aromatic heterocycles. The van der Waals surface area contributed by atoms with E-state index in [-0.39, 0.29) is 5.92 Å². The maximum absolute atomic E-state index is 5.70. The van der Waals surface area contributed by atoms with Gasteiger partial charge in [-0.05, 0) is 17.7 Å². The van der Waals surface area contributed by atoms with Gasteiger partial charge < -0.3 is 14.7 Å². The van der Waals surface area contributed by atoms with Gasteiger partial charge in [0.2, 0.25) is 5.88 Å². The Labute approximate surface area is 104 Å². The van der Waals surface area contributed by atoms with Crippen LogP contribution in [0.4, 0.5) is 5.88 Å². The molecule has 3 aromatic rings. The summed E-state index contributed by atoms with van der Waals surface area (Å²) in [6, 6.07) is 5.73. The molecule has 0 aliphatic rings. The summed E-state index contributed by atoms with van der Waals surface area (Å²) in [6.45, 7) is 4.09. The number of nitrogens with zero attached hydrogens (tertiary/aromatic N) is 2. The van der Waals surface area contributed by atoms with Crippen LogP contribution in [0.15, 0.2) is 33.3 Å². The van der Waals surface area contributed by atoms with Crippen LogP contribution in [0.5, 0.6) is 0 Å². The minimum Gasteiger partial charge on any atom is -0.440 e. The van der Waals surface area contributed by atoms with Crippen LogP contribution in [0.3, 0.4) is 0 Å². The maximum atomic E-state index is 5.70. The summed E-state index contributed by atoms with van der Waals surface area (Å²) < 4.78 is 10.5. The molecule has 0 saturated heterocycles. The highest BCUT2D eigenvalue weighted by atomic mass is 16.5. The maximum Gasteiger partial charge on any atom is 0.229 e. The number of anilines is 1. The first kappa shape index (κ1) is 10.8. The molecular weight excluding hydrogens is 230 g/mol. The second kappa shape index (κ2) is 3.87. The fraction of sp³-hybridized carbons (Fsp3) is 0.231. The summed E-state index contributed by atoms with van der Waals surface area (Å²) in [4.78, 5) is 4.45. The van der Waals surface area contributed by atoms with E-state index in [0.29, 0.717) is 5.88 Å². The fourth-order valence-electron chi connectivity index (χ4n) is 1.83. The van der Waals surface area contributed by atoms with Crippen LogP contribution in [0, 0.1) is 0 Å². The molecule has 0 atom stereocenters. The van der Waals surface area contributed by atoms with Crippen molar-refractivity contribution < 1.29 is 8.94 Å². The van der Waals surface area contributed by atoms with Crippen LogP contribution in [-0.2, 0) is 0 Å². The van der Waals surface area contributed by atoms with Gasteiger partial charge in [0.25, 0.3) is 0 Å². The molecule has 1 aromatic carbocycles. The van der Waals surface area contributed by atoms with Crippen molar-refractivity contribution in [1.82, 2.24) is 10.1 Å². The summed E-state index contributed by atoms with van der Waals surface area (Å²) in [7, 11) is 0. The molecule has 0 saturated carbocycles. The van der Waals surface area contributed by atoms with Crippen molar-refractivity contribution in [3.05, 3.63) is 30.3 Å². The van der Waals surface area contributed by atoms with Crippen LogP contribution in [0.1, 0.15) is 25.7 Å². The normalized spacial score (nSPS) is 11.5. The van der Waals surface area contributed by atoms with Crippen LogP contribution in [0.25, 0.3) is 22.2 Å². The van der Waals surface area contributed by atoms with Gasteiger partial charge in [-0.2, -0.15) is 0 Å². The Kier molecular flexibility index (Phi) is 2.33. The second-order valence-electron chi connectivity index (χ2n) is 4.49. The number of rotatable bonds is 2. The monoisotopic (exact) mass is 243 g/mol. The molecular formula is C13H13N3O2. The Morgan fingerprint density at radius 1 is 1.28 bits per heavy atom. The van der Waals surface area contributed by atoms with Crippen molar-refractivity contribution in [3.8, 4) is 11.1 Å². The Morgan fingerprint density at radius 2 is 2.11 bits per heavy atom. The number of hydrogen-bond acceptors (Lipinski definition) is 5. The lowest BCUT2D eigenvalue weighted by Gasteiger charge is -1.96. The number of nitrogens with two attached hydrogens (primary N) is 1. The van der Waals surface area contributed by atoms with Gasteiger partial charge >= 0.3 is 0 Å². The molecule has 0 fully saturated rings. The van der Waals surface area contributed by atoms with Crippen LogP contribution >= 0.6 is 0 Å². The molecule has 0 radical (unpaired) electrons. The first-order valence-electron chi connectivity index (χ1n) is 5.76. The first-order valence-corrected chi connectivity index (χ1v) is 5.76. The third kappa shape index (κ3) is 1.64. The van der Waals surface area contributed by atoms with Gasteiger partial charge in [0.15, 0.2) is 11.5 Å². The molecule has 0 amide bonds. The average molecular weight is 243 g/mol. The van der Waals surface area contributed by atoms with Crippen molar-refractivity contribution in [1.29, 1.82) is 0 Å². The quantitative estimate of drug-likeness (QED) is 0.747. The van der Waals surface area contributed by atoms with Gasteiger partial charge in [-0.25, -0.2) is 4.98 Å². The Morgan fingerprint density at radius 3 is 2.78 bits per heavy atom. The van der Waals surface area contributed by atoms with Gasteiger partial charge in [-0.15, -0.1) is 0 Å². The van der Waals surface area contributed by atoms with Crippen molar-refractivity contribution in [2.24, 2.45) is 0 Å². The minimum absolute atomic E-state index is 0.265. The van der Waals surface area contributed by atoms with Crippen LogP contribution in [0.2, 0.25) is 0 Å². The van der Waals surface area contributed by atoms with Gasteiger partial charge in [0, 0.05) is 5.92 Å². The molecule has 0 bridgehead atoms. The number of fused-ring (bicyclic) bond motifs is 1. The molecule has 5 nitrogen and oxygen atoms in total. The first-order chi connectivity index (χ1) is 8.65. The molecule has 0 aliphatic heterocycles. The summed E-state index contributed by atoms with van der Waals surface area (Å²) in [5.41, 5.74) is 8.98. The lowest BCUT2D eigenvalue weighted by atomic mass is 10.1. The molecule has 18 heavy (non-hydrogen) atoms. The van der Waals surface area contributed by atoms with E-state index in [0.717, 1.165) is 28.1 Å². The van der Waals surface area contributed by atoms with Crippen molar-refractivity contribution in [2.75, 3.05) is 5.73 Å². The molecule has 0 aliphatic carbocycles. The largest absolute Gasteiger partial charge is 0.440 e. The summed E-state index contributed by atoms with van der Waals surface area (Å²) >= 11 is 0. The number of benzene rings is 1. The number of aromatic nitrogens is 2. The van der Waals surface area contributed by atoms with E-state index in [2.05, 4.69) is 10.1 Å². The zero-order chi connectivity index (χ0) is 12.7. The highest BCUT2D eigenvalue weighted by molar-refractivity contribution is 5.82. The van der Waals surface area contributed by atoms with Crippen molar-refractivity contribution >= 4 is 17.0 Å². The number of nitrogen functional groups attached to an aromatic ring is 1. The van der Waals surface area contributed by atoms with Crippen molar-refractivity contribution in [3.63, 3.8) is 0 Å². The zero-order valence-corrected chi connectivity index (χ0v) is 10.2.